The quantitative estimate of drug-likeness (QED) is 0.795. The van der Waals surface area contributed by atoms with Gasteiger partial charge in [-0.15, -0.1) is 0 Å². The molecular formula is C13H20ClNO. The summed E-state index contributed by atoms with van der Waals surface area (Å²) in [7, 11) is 0. The number of nitrogens with two attached hydrogens (primary N) is 1. The predicted octanol–water partition coefficient (Wildman–Crippen LogP) is 3.87. The minimum absolute atomic E-state index is 0.259. The molecule has 0 saturated carbocycles. The molecule has 2 N–H and O–H groups in total. The highest BCUT2D eigenvalue weighted by Gasteiger charge is 2.07. The van der Waals surface area contributed by atoms with Crippen molar-refractivity contribution in [3.05, 3.63) is 28.8 Å². The average Bonchev–Trinajstić information content (AvgIpc) is 2.15. The minimum atomic E-state index is 0.259. The van der Waals surface area contributed by atoms with E-state index in [0.717, 1.165) is 12.0 Å². The van der Waals surface area contributed by atoms with Gasteiger partial charge in [-0.3, -0.25) is 0 Å². The molecule has 0 amide bonds. The van der Waals surface area contributed by atoms with Gasteiger partial charge in [0.25, 0.3) is 0 Å². The van der Waals surface area contributed by atoms with Crippen molar-refractivity contribution < 1.29 is 4.74 Å². The molecule has 16 heavy (non-hydrogen) atoms. The Kier molecular flexibility index (Phi) is 5.10. The van der Waals surface area contributed by atoms with Crippen LogP contribution in [-0.4, -0.2) is 6.10 Å². The van der Waals surface area contributed by atoms with Crippen molar-refractivity contribution in [3.8, 4) is 0 Å². The van der Waals surface area contributed by atoms with Crippen LogP contribution in [0.2, 0.25) is 5.02 Å². The van der Waals surface area contributed by atoms with Crippen molar-refractivity contribution >= 4 is 17.3 Å². The van der Waals surface area contributed by atoms with E-state index in [2.05, 4.69) is 20.8 Å². The summed E-state index contributed by atoms with van der Waals surface area (Å²) in [6.45, 7) is 7.02. The fraction of sp³-hybridized carbons (Fsp3) is 0.538. The van der Waals surface area contributed by atoms with Crippen LogP contribution in [-0.2, 0) is 11.3 Å². The van der Waals surface area contributed by atoms with E-state index in [1.807, 2.05) is 12.1 Å². The second-order valence-electron chi connectivity index (χ2n) is 4.59. The molecule has 1 rings (SSSR count). The second-order valence-corrected chi connectivity index (χ2v) is 5.03. The first-order valence-electron chi connectivity index (χ1n) is 5.64. The number of halogens is 1. The van der Waals surface area contributed by atoms with E-state index in [0.29, 0.717) is 23.2 Å². The molecule has 0 aliphatic heterocycles. The first kappa shape index (κ1) is 13.3. The molecule has 90 valence electrons. The Morgan fingerprint density at radius 2 is 2.00 bits per heavy atom. The van der Waals surface area contributed by atoms with Gasteiger partial charge < -0.3 is 10.5 Å². The Balaban J connectivity index is 2.48. The van der Waals surface area contributed by atoms with Crippen LogP contribution in [0.25, 0.3) is 0 Å². The molecule has 1 aromatic rings. The Morgan fingerprint density at radius 3 is 2.56 bits per heavy atom. The summed E-state index contributed by atoms with van der Waals surface area (Å²) in [4.78, 5) is 0. The molecule has 1 unspecified atom stereocenters. The van der Waals surface area contributed by atoms with Gasteiger partial charge in [-0.25, -0.2) is 0 Å². The van der Waals surface area contributed by atoms with Gasteiger partial charge in [0.2, 0.25) is 0 Å². The van der Waals surface area contributed by atoms with Gasteiger partial charge in [0, 0.05) is 16.3 Å². The van der Waals surface area contributed by atoms with E-state index in [9.17, 15) is 0 Å². The number of hydrogen-bond donors (Lipinski definition) is 1. The average molecular weight is 242 g/mol. The zero-order valence-corrected chi connectivity index (χ0v) is 10.9. The predicted molar refractivity (Wildman–Crippen MR) is 69.6 cm³/mol. The molecule has 0 fully saturated rings. The number of hydrogen-bond acceptors (Lipinski definition) is 2. The summed E-state index contributed by atoms with van der Waals surface area (Å²) in [6.07, 6.45) is 1.32. The highest BCUT2D eigenvalue weighted by molar-refractivity contribution is 6.30. The second kappa shape index (κ2) is 6.12. The summed E-state index contributed by atoms with van der Waals surface area (Å²) in [6, 6.07) is 5.51. The first-order chi connectivity index (χ1) is 7.49. The Morgan fingerprint density at radius 1 is 1.31 bits per heavy atom. The molecule has 0 aliphatic rings. The maximum Gasteiger partial charge on any atom is 0.0740 e. The van der Waals surface area contributed by atoms with E-state index in [1.54, 1.807) is 6.07 Å². The fourth-order valence-electron chi connectivity index (χ4n) is 1.66. The smallest absolute Gasteiger partial charge is 0.0740 e. The Hall–Kier alpha value is -0.730. The molecule has 0 aromatic heterocycles. The highest BCUT2D eigenvalue weighted by Crippen LogP contribution is 2.20. The molecule has 0 radical (unpaired) electrons. The molecule has 1 atom stereocenters. The van der Waals surface area contributed by atoms with E-state index < -0.39 is 0 Å². The molecule has 0 spiro atoms. The number of nitrogen functional groups attached to an aromatic ring is 1. The number of ether oxygens (including phenoxy) is 1. The summed E-state index contributed by atoms with van der Waals surface area (Å²) >= 11 is 5.83. The van der Waals surface area contributed by atoms with E-state index in [-0.39, 0.29) is 6.10 Å². The van der Waals surface area contributed by atoms with Gasteiger partial charge in [0.05, 0.1) is 12.7 Å². The van der Waals surface area contributed by atoms with Crippen molar-refractivity contribution in [1.29, 1.82) is 0 Å². The number of benzene rings is 1. The van der Waals surface area contributed by atoms with Crippen LogP contribution in [0, 0.1) is 5.92 Å². The highest BCUT2D eigenvalue weighted by atomic mass is 35.5. The molecule has 0 saturated heterocycles. The normalized spacial score (nSPS) is 13.1. The Bertz CT molecular complexity index is 339. The van der Waals surface area contributed by atoms with Crippen LogP contribution < -0.4 is 5.73 Å². The number of anilines is 1. The lowest BCUT2D eigenvalue weighted by Gasteiger charge is -2.16. The molecule has 0 heterocycles. The molecule has 2 nitrogen and oxygen atoms in total. The summed E-state index contributed by atoms with van der Waals surface area (Å²) < 4.78 is 5.74. The maximum absolute atomic E-state index is 5.84. The van der Waals surface area contributed by atoms with Gasteiger partial charge in [-0.2, -0.15) is 0 Å². The summed E-state index contributed by atoms with van der Waals surface area (Å²) in [5, 5.41) is 0.663. The molecule has 0 aliphatic carbocycles. The van der Waals surface area contributed by atoms with Gasteiger partial charge in [-0.1, -0.05) is 31.5 Å². The van der Waals surface area contributed by atoms with Gasteiger partial charge >= 0.3 is 0 Å². The zero-order valence-electron chi connectivity index (χ0n) is 10.2. The van der Waals surface area contributed by atoms with Crippen molar-refractivity contribution in [1.82, 2.24) is 0 Å². The van der Waals surface area contributed by atoms with Crippen LogP contribution in [0.4, 0.5) is 5.69 Å². The molecule has 0 bridgehead atoms. The molecular weight excluding hydrogens is 222 g/mol. The van der Waals surface area contributed by atoms with Crippen molar-refractivity contribution in [3.63, 3.8) is 0 Å². The van der Waals surface area contributed by atoms with Gasteiger partial charge in [0.1, 0.15) is 0 Å². The van der Waals surface area contributed by atoms with E-state index in [1.165, 1.54) is 0 Å². The summed E-state index contributed by atoms with van der Waals surface area (Å²) in [5.74, 6) is 0.651. The molecule has 1 aromatic carbocycles. The third-order valence-corrected chi connectivity index (χ3v) is 2.67. The van der Waals surface area contributed by atoms with Crippen molar-refractivity contribution in [2.45, 2.75) is 39.9 Å². The molecule has 3 heteroatoms. The summed E-state index contributed by atoms with van der Waals surface area (Å²) in [5.41, 5.74) is 7.54. The van der Waals surface area contributed by atoms with Crippen LogP contribution in [0.5, 0.6) is 0 Å². The maximum atomic E-state index is 5.84. The Labute approximate surface area is 103 Å². The lowest BCUT2D eigenvalue weighted by Crippen LogP contribution is -2.11. The van der Waals surface area contributed by atoms with E-state index in [4.69, 9.17) is 22.1 Å². The standard InChI is InChI=1S/C13H20ClNO/c1-9(2)6-10(3)16-8-11-4-5-12(14)7-13(11)15/h4-5,7,9-10H,6,8,15H2,1-3H3. The SMILES string of the molecule is CC(C)CC(C)OCc1ccc(Cl)cc1N. The lowest BCUT2D eigenvalue weighted by molar-refractivity contribution is 0.0400. The van der Waals surface area contributed by atoms with Gasteiger partial charge in [0.15, 0.2) is 0 Å². The monoisotopic (exact) mass is 241 g/mol. The largest absolute Gasteiger partial charge is 0.398 e. The van der Waals surface area contributed by atoms with Crippen LogP contribution in [0.15, 0.2) is 18.2 Å². The van der Waals surface area contributed by atoms with Crippen LogP contribution in [0.3, 0.4) is 0 Å². The first-order valence-corrected chi connectivity index (χ1v) is 6.02. The number of rotatable bonds is 5. The minimum Gasteiger partial charge on any atom is -0.398 e. The van der Waals surface area contributed by atoms with Gasteiger partial charge in [-0.05, 0) is 31.4 Å². The van der Waals surface area contributed by atoms with E-state index >= 15 is 0 Å². The lowest BCUT2D eigenvalue weighted by atomic mass is 10.1. The third kappa shape index (κ3) is 4.42. The van der Waals surface area contributed by atoms with Crippen LogP contribution in [0.1, 0.15) is 32.8 Å². The third-order valence-electron chi connectivity index (χ3n) is 2.43. The zero-order chi connectivity index (χ0) is 12.1. The van der Waals surface area contributed by atoms with Crippen molar-refractivity contribution in [2.75, 3.05) is 5.73 Å². The topological polar surface area (TPSA) is 35.2 Å². The fourth-order valence-corrected chi connectivity index (χ4v) is 1.84. The van der Waals surface area contributed by atoms with Crippen LogP contribution >= 0.6 is 11.6 Å². The van der Waals surface area contributed by atoms with Crippen molar-refractivity contribution in [2.24, 2.45) is 5.92 Å².